The summed E-state index contributed by atoms with van der Waals surface area (Å²) in [6, 6.07) is 38.9. The number of benzene rings is 6. The molecule has 6 aromatic carbocycles. The number of aryl methyl sites for hydroxylation is 2. The van der Waals surface area contributed by atoms with Crippen molar-refractivity contribution in [2.45, 2.75) is 51.4 Å². The second kappa shape index (κ2) is 16.5. The van der Waals surface area contributed by atoms with E-state index in [2.05, 4.69) is 61.8 Å². The zero-order chi connectivity index (χ0) is 37.3. The van der Waals surface area contributed by atoms with Crippen molar-refractivity contribution in [2.24, 2.45) is 0 Å². The van der Waals surface area contributed by atoms with E-state index in [1.165, 1.54) is 83.9 Å². The van der Waals surface area contributed by atoms with Crippen molar-refractivity contribution < 1.29 is 22.3 Å². The standard InChI is InChI=1S/C48H38F4O/c1-3-5-35-7-11-37(12-8-35)15-17-39-19-23-41(24-20-39)47(49,50)43-27-31-45(32-28-43)53-46-33-29-44(30-34-46)48(51,52)42-25-21-40(22-26-42)18-16-38-13-9-36(6-4-2)10-14-38/h7-14,19-34H,3-6H2,1-2H3. The molecule has 0 bridgehead atoms. The molecule has 0 saturated carbocycles. The molecule has 1 nitrogen and oxygen atoms in total. The predicted molar refractivity (Wildman–Crippen MR) is 205 cm³/mol. The maximum atomic E-state index is 15.4. The molecule has 0 aliphatic rings. The van der Waals surface area contributed by atoms with Gasteiger partial charge in [-0.25, -0.2) is 0 Å². The number of halogens is 4. The Labute approximate surface area is 309 Å². The van der Waals surface area contributed by atoms with Crippen LogP contribution in [0.3, 0.4) is 0 Å². The van der Waals surface area contributed by atoms with Gasteiger partial charge in [0.25, 0.3) is 11.8 Å². The molecule has 0 aliphatic carbocycles. The Hall–Kier alpha value is -6.04. The van der Waals surface area contributed by atoms with Crippen molar-refractivity contribution in [1.82, 2.24) is 0 Å². The highest BCUT2D eigenvalue weighted by Crippen LogP contribution is 2.38. The topological polar surface area (TPSA) is 9.23 Å². The highest BCUT2D eigenvalue weighted by atomic mass is 19.3. The van der Waals surface area contributed by atoms with Gasteiger partial charge in [-0.3, -0.25) is 0 Å². The van der Waals surface area contributed by atoms with Gasteiger partial charge < -0.3 is 4.74 Å². The van der Waals surface area contributed by atoms with Crippen LogP contribution < -0.4 is 4.74 Å². The third kappa shape index (κ3) is 9.26. The summed E-state index contributed by atoms with van der Waals surface area (Å²) in [6.07, 6.45) is 4.18. The molecular weight excluding hydrogens is 669 g/mol. The Balaban J connectivity index is 1.06. The predicted octanol–water partition coefficient (Wildman–Crippen LogP) is 12.5. The van der Waals surface area contributed by atoms with E-state index in [0.29, 0.717) is 22.6 Å². The first-order valence-electron chi connectivity index (χ1n) is 17.7. The Morgan fingerprint density at radius 1 is 0.377 bits per heavy atom. The van der Waals surface area contributed by atoms with Gasteiger partial charge in [0.05, 0.1) is 0 Å². The van der Waals surface area contributed by atoms with E-state index in [0.717, 1.165) is 36.8 Å². The summed E-state index contributed by atoms with van der Waals surface area (Å²) in [5, 5.41) is 0. The van der Waals surface area contributed by atoms with E-state index in [9.17, 15) is 0 Å². The second-order valence-corrected chi connectivity index (χ2v) is 12.8. The zero-order valence-corrected chi connectivity index (χ0v) is 29.6. The van der Waals surface area contributed by atoms with Crippen LogP contribution in [0.2, 0.25) is 0 Å². The largest absolute Gasteiger partial charge is 0.457 e. The molecule has 6 aromatic rings. The highest BCUT2D eigenvalue weighted by Gasteiger charge is 2.35. The summed E-state index contributed by atoms with van der Waals surface area (Å²) in [5.41, 5.74) is 4.78. The van der Waals surface area contributed by atoms with Crippen molar-refractivity contribution in [3.05, 3.63) is 201 Å². The van der Waals surface area contributed by atoms with Gasteiger partial charge in [0.1, 0.15) is 11.5 Å². The lowest BCUT2D eigenvalue weighted by molar-refractivity contribution is 0.0423. The SMILES string of the molecule is CCCc1ccc(C#Cc2ccc(C(F)(F)c3ccc(Oc4ccc(C(F)(F)c5ccc(C#Cc6ccc(CCC)cc6)cc5)cc4)cc3)cc2)cc1. The Morgan fingerprint density at radius 2 is 0.623 bits per heavy atom. The van der Waals surface area contributed by atoms with E-state index < -0.39 is 11.8 Å². The van der Waals surface area contributed by atoms with Gasteiger partial charge in [-0.2, -0.15) is 17.6 Å². The highest BCUT2D eigenvalue weighted by molar-refractivity contribution is 5.48. The summed E-state index contributed by atoms with van der Waals surface area (Å²) in [7, 11) is 0. The van der Waals surface area contributed by atoms with Crippen LogP contribution in [0.4, 0.5) is 17.6 Å². The van der Waals surface area contributed by atoms with Gasteiger partial charge in [0.2, 0.25) is 0 Å². The van der Waals surface area contributed by atoms with E-state index in [4.69, 9.17) is 4.74 Å². The normalized spacial score (nSPS) is 11.2. The number of hydrogen-bond donors (Lipinski definition) is 0. The Kier molecular flexibility index (Phi) is 11.5. The maximum absolute atomic E-state index is 15.4. The van der Waals surface area contributed by atoms with Gasteiger partial charge in [-0.15, -0.1) is 0 Å². The van der Waals surface area contributed by atoms with E-state index in [1.54, 1.807) is 24.3 Å². The van der Waals surface area contributed by atoms with Gasteiger partial charge in [0.15, 0.2) is 0 Å². The minimum Gasteiger partial charge on any atom is -0.457 e. The van der Waals surface area contributed by atoms with Gasteiger partial charge >= 0.3 is 0 Å². The molecule has 6 rings (SSSR count). The molecule has 264 valence electrons. The lowest BCUT2D eigenvalue weighted by atomic mass is 9.99. The molecule has 0 amide bonds. The molecule has 0 aromatic heterocycles. The molecule has 53 heavy (non-hydrogen) atoms. The first-order valence-corrected chi connectivity index (χ1v) is 17.7. The summed E-state index contributed by atoms with van der Waals surface area (Å²) < 4.78 is 67.5. The maximum Gasteiger partial charge on any atom is 0.298 e. The zero-order valence-electron chi connectivity index (χ0n) is 29.6. The summed E-state index contributed by atoms with van der Waals surface area (Å²) in [4.78, 5) is 0. The van der Waals surface area contributed by atoms with Crippen LogP contribution in [0.15, 0.2) is 146 Å². The van der Waals surface area contributed by atoms with Crippen LogP contribution in [0.25, 0.3) is 0 Å². The fraction of sp³-hybridized carbons (Fsp3) is 0.167. The van der Waals surface area contributed by atoms with Crippen molar-refractivity contribution >= 4 is 0 Å². The van der Waals surface area contributed by atoms with Crippen LogP contribution in [-0.2, 0) is 24.7 Å². The molecule has 0 N–H and O–H groups in total. The van der Waals surface area contributed by atoms with Crippen LogP contribution in [0.1, 0.15) is 82.3 Å². The molecule has 0 unspecified atom stereocenters. The quantitative estimate of drug-likeness (QED) is 0.102. The molecule has 0 fully saturated rings. The minimum atomic E-state index is -3.25. The first kappa shape index (κ1) is 36.7. The van der Waals surface area contributed by atoms with Gasteiger partial charge in [-0.1, -0.05) is 98.9 Å². The second-order valence-electron chi connectivity index (χ2n) is 12.8. The molecular formula is C48H38F4O. The van der Waals surface area contributed by atoms with E-state index >= 15 is 17.6 Å². The molecule has 0 heterocycles. The van der Waals surface area contributed by atoms with Crippen LogP contribution >= 0.6 is 0 Å². The third-order valence-corrected chi connectivity index (χ3v) is 8.85. The molecule has 5 heteroatoms. The number of ether oxygens (including phenoxy) is 1. The van der Waals surface area contributed by atoms with E-state index in [1.807, 2.05) is 24.3 Å². The van der Waals surface area contributed by atoms with Crippen molar-refractivity contribution in [2.75, 3.05) is 0 Å². The lowest BCUT2D eigenvalue weighted by Crippen LogP contribution is -2.15. The fourth-order valence-corrected chi connectivity index (χ4v) is 5.84. The molecule has 0 radical (unpaired) electrons. The molecule has 0 atom stereocenters. The average molecular weight is 707 g/mol. The molecule has 0 aliphatic heterocycles. The van der Waals surface area contributed by atoms with Crippen molar-refractivity contribution in [3.8, 4) is 35.2 Å². The first-order chi connectivity index (χ1) is 25.6. The van der Waals surface area contributed by atoms with Crippen molar-refractivity contribution in [3.63, 3.8) is 0 Å². The number of rotatable bonds is 10. The molecule has 0 spiro atoms. The lowest BCUT2D eigenvalue weighted by Gasteiger charge is -2.18. The summed E-state index contributed by atoms with van der Waals surface area (Å²) in [5.74, 6) is 6.34. The Bertz CT molecular complexity index is 2070. The number of alkyl halides is 4. The fourth-order valence-electron chi connectivity index (χ4n) is 5.84. The van der Waals surface area contributed by atoms with Crippen LogP contribution in [0, 0.1) is 23.7 Å². The Morgan fingerprint density at radius 3 is 0.887 bits per heavy atom. The smallest absolute Gasteiger partial charge is 0.298 e. The average Bonchev–Trinajstić information content (AvgIpc) is 3.18. The number of hydrogen-bond acceptors (Lipinski definition) is 1. The van der Waals surface area contributed by atoms with Gasteiger partial charge in [-0.05, 0) is 121 Å². The summed E-state index contributed by atoms with van der Waals surface area (Å²) in [6.45, 7) is 4.27. The minimum absolute atomic E-state index is 0.160. The van der Waals surface area contributed by atoms with E-state index in [-0.39, 0.29) is 22.3 Å². The molecule has 0 saturated heterocycles. The third-order valence-electron chi connectivity index (χ3n) is 8.85. The van der Waals surface area contributed by atoms with Gasteiger partial charge in [0, 0.05) is 44.5 Å². The van der Waals surface area contributed by atoms with Crippen LogP contribution in [-0.4, -0.2) is 0 Å². The summed E-state index contributed by atoms with van der Waals surface area (Å²) >= 11 is 0. The van der Waals surface area contributed by atoms with Crippen LogP contribution in [0.5, 0.6) is 11.5 Å². The monoisotopic (exact) mass is 706 g/mol. The van der Waals surface area contributed by atoms with Crippen molar-refractivity contribution in [1.29, 1.82) is 0 Å².